The standard InChI is InChI=1S/C25H20ClNO5/c1-17-14-19(27(29)25(28)15-17)16-30-20-6-8-22(9-7-20)32-24-12-10-23(11-13-24)31-21-4-2-18(26)3-5-21/h2-15,29H,16H2,1H3. The molecule has 1 heterocycles. The number of pyridine rings is 1. The zero-order chi connectivity index (χ0) is 22.5. The summed E-state index contributed by atoms with van der Waals surface area (Å²) in [5, 5.41) is 10.5. The van der Waals surface area contributed by atoms with Crippen LogP contribution in [0.3, 0.4) is 0 Å². The molecule has 0 unspecified atom stereocenters. The van der Waals surface area contributed by atoms with E-state index >= 15 is 0 Å². The predicted octanol–water partition coefficient (Wildman–Crippen LogP) is 6.21. The van der Waals surface area contributed by atoms with Crippen LogP contribution in [0.4, 0.5) is 0 Å². The molecule has 3 aromatic carbocycles. The molecule has 7 heteroatoms. The topological polar surface area (TPSA) is 69.9 Å². The summed E-state index contributed by atoms with van der Waals surface area (Å²) in [6.07, 6.45) is 0. The number of aromatic nitrogens is 1. The molecular weight excluding hydrogens is 430 g/mol. The van der Waals surface area contributed by atoms with Crippen molar-refractivity contribution in [2.45, 2.75) is 13.5 Å². The maximum atomic E-state index is 11.6. The van der Waals surface area contributed by atoms with E-state index in [0.29, 0.717) is 44.2 Å². The summed E-state index contributed by atoms with van der Waals surface area (Å²) in [6.45, 7) is 1.84. The lowest BCUT2D eigenvalue weighted by molar-refractivity contribution is 0.147. The van der Waals surface area contributed by atoms with E-state index in [1.54, 1.807) is 61.5 Å². The number of rotatable bonds is 7. The number of aryl methyl sites for hydroxylation is 1. The van der Waals surface area contributed by atoms with E-state index in [1.807, 2.05) is 24.3 Å². The minimum absolute atomic E-state index is 0.0582. The van der Waals surface area contributed by atoms with Gasteiger partial charge in [-0.15, -0.1) is 4.73 Å². The van der Waals surface area contributed by atoms with Crippen LogP contribution in [0.1, 0.15) is 11.3 Å². The number of halogens is 1. The first kappa shape index (κ1) is 21.3. The van der Waals surface area contributed by atoms with Crippen molar-refractivity contribution >= 4 is 11.6 Å². The Morgan fingerprint density at radius 1 is 0.750 bits per heavy atom. The lowest BCUT2D eigenvalue weighted by Crippen LogP contribution is -2.21. The van der Waals surface area contributed by atoms with Gasteiger partial charge in [-0.1, -0.05) is 11.6 Å². The molecule has 6 nitrogen and oxygen atoms in total. The highest BCUT2D eigenvalue weighted by Crippen LogP contribution is 2.28. The summed E-state index contributed by atoms with van der Waals surface area (Å²) in [5.41, 5.74) is 0.639. The van der Waals surface area contributed by atoms with Gasteiger partial charge in [0.2, 0.25) is 0 Å². The molecule has 0 saturated carbocycles. The Kier molecular flexibility index (Phi) is 6.33. The van der Waals surface area contributed by atoms with E-state index in [-0.39, 0.29) is 6.61 Å². The second-order valence-corrected chi connectivity index (χ2v) is 7.50. The van der Waals surface area contributed by atoms with Crippen LogP contribution < -0.4 is 19.8 Å². The fourth-order valence-corrected chi connectivity index (χ4v) is 3.10. The van der Waals surface area contributed by atoms with Gasteiger partial charge >= 0.3 is 0 Å². The molecule has 162 valence electrons. The van der Waals surface area contributed by atoms with Crippen molar-refractivity contribution < 1.29 is 19.4 Å². The van der Waals surface area contributed by atoms with Crippen LogP contribution in [0.15, 0.2) is 89.7 Å². The van der Waals surface area contributed by atoms with Crippen molar-refractivity contribution in [2.24, 2.45) is 0 Å². The maximum absolute atomic E-state index is 11.6. The summed E-state index contributed by atoms with van der Waals surface area (Å²) in [5.74, 6) is 3.26. The first-order chi connectivity index (χ1) is 15.5. The average molecular weight is 450 g/mol. The first-order valence-corrected chi connectivity index (χ1v) is 10.2. The molecule has 0 saturated heterocycles. The van der Waals surface area contributed by atoms with Crippen LogP contribution in [0.25, 0.3) is 0 Å². The first-order valence-electron chi connectivity index (χ1n) is 9.82. The van der Waals surface area contributed by atoms with E-state index < -0.39 is 5.56 Å². The van der Waals surface area contributed by atoms with E-state index in [1.165, 1.54) is 6.07 Å². The highest BCUT2D eigenvalue weighted by molar-refractivity contribution is 6.30. The highest BCUT2D eigenvalue weighted by atomic mass is 35.5. The molecule has 0 atom stereocenters. The summed E-state index contributed by atoms with van der Waals surface area (Å²) in [4.78, 5) is 11.6. The number of nitrogens with zero attached hydrogens (tertiary/aromatic N) is 1. The molecule has 4 rings (SSSR count). The van der Waals surface area contributed by atoms with Crippen LogP contribution in [-0.4, -0.2) is 9.94 Å². The minimum atomic E-state index is -0.489. The fraction of sp³-hybridized carbons (Fsp3) is 0.0800. The van der Waals surface area contributed by atoms with Crippen molar-refractivity contribution in [2.75, 3.05) is 0 Å². The lowest BCUT2D eigenvalue weighted by Gasteiger charge is -2.11. The van der Waals surface area contributed by atoms with Gasteiger partial charge < -0.3 is 19.4 Å². The van der Waals surface area contributed by atoms with Gasteiger partial charge in [0.05, 0.1) is 5.69 Å². The van der Waals surface area contributed by atoms with Crippen LogP contribution >= 0.6 is 11.6 Å². The third-order valence-corrected chi connectivity index (χ3v) is 4.80. The lowest BCUT2D eigenvalue weighted by atomic mass is 10.2. The maximum Gasteiger partial charge on any atom is 0.283 e. The van der Waals surface area contributed by atoms with Crippen LogP contribution in [-0.2, 0) is 6.61 Å². The van der Waals surface area contributed by atoms with Gasteiger partial charge in [0.15, 0.2) is 0 Å². The van der Waals surface area contributed by atoms with Gasteiger partial charge in [0.25, 0.3) is 5.56 Å². The number of ether oxygens (including phenoxy) is 3. The normalized spacial score (nSPS) is 10.6. The van der Waals surface area contributed by atoms with E-state index in [2.05, 4.69) is 0 Å². The smallest absolute Gasteiger partial charge is 0.283 e. The quantitative estimate of drug-likeness (QED) is 0.339. The van der Waals surface area contributed by atoms with Crippen molar-refractivity contribution in [3.63, 3.8) is 0 Å². The zero-order valence-electron chi connectivity index (χ0n) is 17.2. The Hall–Kier alpha value is -3.90. The van der Waals surface area contributed by atoms with Crippen molar-refractivity contribution in [3.8, 4) is 28.7 Å². The van der Waals surface area contributed by atoms with Gasteiger partial charge in [-0.25, -0.2) is 0 Å². The molecule has 0 aliphatic rings. The minimum Gasteiger partial charge on any atom is -0.487 e. The Bertz CT molecular complexity index is 1250. The van der Waals surface area contributed by atoms with Crippen LogP contribution in [0.2, 0.25) is 5.02 Å². The average Bonchev–Trinajstić information content (AvgIpc) is 2.79. The van der Waals surface area contributed by atoms with Gasteiger partial charge in [-0.3, -0.25) is 4.79 Å². The molecule has 32 heavy (non-hydrogen) atoms. The van der Waals surface area contributed by atoms with E-state index in [0.717, 1.165) is 5.56 Å². The zero-order valence-corrected chi connectivity index (χ0v) is 18.0. The summed E-state index contributed by atoms with van der Waals surface area (Å²) >= 11 is 5.88. The molecular formula is C25H20ClNO5. The second kappa shape index (κ2) is 9.49. The third kappa shape index (κ3) is 5.42. The Labute approximate surface area is 189 Å². The second-order valence-electron chi connectivity index (χ2n) is 7.06. The van der Waals surface area contributed by atoms with Crippen LogP contribution in [0, 0.1) is 6.92 Å². The summed E-state index contributed by atoms with van der Waals surface area (Å²) in [6, 6.07) is 24.5. The molecule has 0 bridgehead atoms. The number of hydrogen-bond acceptors (Lipinski definition) is 5. The molecule has 0 aliphatic carbocycles. The Balaban J connectivity index is 1.34. The molecule has 0 amide bonds. The van der Waals surface area contributed by atoms with Gasteiger partial charge in [-0.05, 0) is 91.3 Å². The van der Waals surface area contributed by atoms with Crippen molar-refractivity contribution in [1.29, 1.82) is 0 Å². The van der Waals surface area contributed by atoms with Gasteiger partial charge in [0, 0.05) is 11.1 Å². The van der Waals surface area contributed by atoms with Gasteiger partial charge in [0.1, 0.15) is 35.4 Å². The molecule has 0 fully saturated rings. The molecule has 1 aromatic heterocycles. The Morgan fingerprint density at radius 3 is 1.69 bits per heavy atom. The summed E-state index contributed by atoms with van der Waals surface area (Å²) < 4.78 is 17.9. The molecule has 0 aliphatic heterocycles. The SMILES string of the molecule is Cc1cc(COc2ccc(Oc3ccc(Oc4ccc(Cl)cc4)cc3)cc2)n(O)c(=O)c1. The number of hydrogen-bond donors (Lipinski definition) is 1. The highest BCUT2D eigenvalue weighted by Gasteiger charge is 2.06. The predicted molar refractivity (Wildman–Crippen MR) is 121 cm³/mol. The molecule has 0 radical (unpaired) electrons. The van der Waals surface area contributed by atoms with E-state index in [9.17, 15) is 10.0 Å². The van der Waals surface area contributed by atoms with Crippen molar-refractivity contribution in [1.82, 2.24) is 4.73 Å². The van der Waals surface area contributed by atoms with Gasteiger partial charge in [-0.2, -0.15) is 0 Å². The monoisotopic (exact) mass is 449 g/mol. The van der Waals surface area contributed by atoms with Crippen LogP contribution in [0.5, 0.6) is 28.7 Å². The molecule has 1 N–H and O–H groups in total. The largest absolute Gasteiger partial charge is 0.487 e. The van der Waals surface area contributed by atoms with Crippen molar-refractivity contribution in [3.05, 3.63) is 112 Å². The summed E-state index contributed by atoms with van der Waals surface area (Å²) in [7, 11) is 0. The van der Waals surface area contributed by atoms with E-state index in [4.69, 9.17) is 25.8 Å². The fourth-order valence-electron chi connectivity index (χ4n) is 2.98. The number of benzene rings is 3. The third-order valence-electron chi connectivity index (χ3n) is 4.55. The Morgan fingerprint density at radius 2 is 1.19 bits per heavy atom. The molecule has 0 spiro atoms. The molecule has 4 aromatic rings.